The Morgan fingerprint density at radius 2 is 1.62 bits per heavy atom. The van der Waals surface area contributed by atoms with Gasteiger partial charge >= 0.3 is 18.1 Å². The van der Waals surface area contributed by atoms with Gasteiger partial charge in [-0.2, -0.15) is 13.2 Å². The number of nitrogens with one attached hydrogen (secondary N) is 1. The van der Waals surface area contributed by atoms with Crippen molar-refractivity contribution in [2.45, 2.75) is 25.9 Å². The van der Waals surface area contributed by atoms with Gasteiger partial charge in [0.2, 0.25) is 0 Å². The van der Waals surface area contributed by atoms with E-state index in [0.29, 0.717) is 16.9 Å². The molecule has 2 aromatic rings. The minimum atomic E-state index is -5.08. The number of hydrogen-bond acceptors (Lipinski definition) is 4. The second kappa shape index (κ2) is 12.1. The number of halogens is 4. The topological polar surface area (TPSA) is 107 Å². The molecule has 0 aliphatic carbocycles. The number of benzene rings is 2. The van der Waals surface area contributed by atoms with Crippen LogP contribution in [0.3, 0.4) is 0 Å². The summed E-state index contributed by atoms with van der Waals surface area (Å²) < 4.78 is 32.6. The van der Waals surface area contributed by atoms with Gasteiger partial charge in [-0.05, 0) is 48.9 Å². The average Bonchev–Trinajstić information content (AvgIpc) is 2.72. The van der Waals surface area contributed by atoms with Crippen LogP contribution >= 0.6 is 15.9 Å². The van der Waals surface area contributed by atoms with E-state index >= 15 is 0 Å². The van der Waals surface area contributed by atoms with Crippen molar-refractivity contribution in [1.29, 1.82) is 0 Å². The number of carbonyl (C=O) groups excluding carboxylic acids is 1. The van der Waals surface area contributed by atoms with Gasteiger partial charge in [0.1, 0.15) is 0 Å². The lowest BCUT2D eigenvalue weighted by molar-refractivity contribution is -0.192. The van der Waals surface area contributed by atoms with E-state index in [1.165, 1.54) is 6.07 Å². The van der Waals surface area contributed by atoms with Crippen LogP contribution in [0.5, 0.6) is 0 Å². The maximum absolute atomic E-state index is 12.3. The number of aliphatic carboxylic acids is 1. The van der Waals surface area contributed by atoms with Crippen molar-refractivity contribution < 1.29 is 37.8 Å². The number of carboxylic acids is 2. The first-order valence-electron chi connectivity index (χ1n) is 9.32. The van der Waals surface area contributed by atoms with E-state index in [9.17, 15) is 27.9 Å². The summed E-state index contributed by atoms with van der Waals surface area (Å²) in [7, 11) is 1.87. The first-order valence-corrected chi connectivity index (χ1v) is 10.1. The molecule has 0 aliphatic rings. The molecular formula is C21H22BrF3N2O5. The monoisotopic (exact) mass is 518 g/mol. The summed E-state index contributed by atoms with van der Waals surface area (Å²) in [4.78, 5) is 34.7. The van der Waals surface area contributed by atoms with Crippen LogP contribution in [0.4, 0.5) is 24.5 Å². The van der Waals surface area contributed by atoms with Gasteiger partial charge in [0, 0.05) is 29.3 Å². The quantitative estimate of drug-likeness (QED) is 0.460. The van der Waals surface area contributed by atoms with Crippen LogP contribution in [-0.4, -0.2) is 47.8 Å². The first kappa shape index (κ1) is 27.0. The summed E-state index contributed by atoms with van der Waals surface area (Å²) in [5.74, 6) is -4.05. The lowest BCUT2D eigenvalue weighted by atomic mass is 10.1. The molecule has 174 valence electrons. The van der Waals surface area contributed by atoms with E-state index in [4.69, 9.17) is 9.90 Å². The van der Waals surface area contributed by atoms with Gasteiger partial charge in [-0.15, -0.1) is 0 Å². The Balaban J connectivity index is 0.000000633. The standard InChI is InChI=1S/C19H21BrN2O3.C2HF3O2/c1-3-4-11-22(2)17-10-9-15(12-16(17)19(24)25)21-18(23)13-5-7-14(20)8-6-13;3-2(4,5)1(6)7/h5-10,12H,3-4,11H2,1-2H3,(H,21,23)(H,24,25);(H,6,7). The van der Waals surface area contributed by atoms with Crippen molar-refractivity contribution in [3.8, 4) is 0 Å². The van der Waals surface area contributed by atoms with Crippen LogP contribution in [0.2, 0.25) is 0 Å². The first-order chi connectivity index (χ1) is 14.9. The Labute approximate surface area is 191 Å². The number of carbonyl (C=O) groups is 3. The zero-order chi connectivity index (χ0) is 24.5. The molecule has 11 heteroatoms. The van der Waals surface area contributed by atoms with Crippen molar-refractivity contribution in [2.75, 3.05) is 23.8 Å². The molecule has 0 spiro atoms. The third kappa shape index (κ3) is 8.58. The largest absolute Gasteiger partial charge is 0.490 e. The van der Waals surface area contributed by atoms with Gasteiger partial charge in [-0.3, -0.25) is 4.79 Å². The molecule has 0 fully saturated rings. The van der Waals surface area contributed by atoms with Crippen molar-refractivity contribution >= 4 is 45.2 Å². The predicted molar refractivity (Wildman–Crippen MR) is 117 cm³/mol. The smallest absolute Gasteiger partial charge is 0.478 e. The molecule has 0 aliphatic heterocycles. The van der Waals surface area contributed by atoms with Crippen LogP contribution in [0.25, 0.3) is 0 Å². The van der Waals surface area contributed by atoms with Gasteiger partial charge in [0.15, 0.2) is 0 Å². The molecule has 0 saturated carbocycles. The molecule has 0 radical (unpaired) electrons. The van der Waals surface area contributed by atoms with Crippen LogP contribution in [0.1, 0.15) is 40.5 Å². The lowest BCUT2D eigenvalue weighted by Crippen LogP contribution is -2.21. The van der Waals surface area contributed by atoms with E-state index in [0.717, 1.165) is 23.9 Å². The summed E-state index contributed by atoms with van der Waals surface area (Å²) in [5.41, 5.74) is 1.77. The molecule has 0 aromatic heterocycles. The molecule has 2 aromatic carbocycles. The van der Waals surface area contributed by atoms with Gasteiger partial charge in [0.05, 0.1) is 11.3 Å². The maximum atomic E-state index is 12.3. The third-order valence-corrected chi connectivity index (χ3v) is 4.62. The Morgan fingerprint density at radius 3 is 2.09 bits per heavy atom. The molecule has 2 rings (SSSR count). The fourth-order valence-corrected chi connectivity index (χ4v) is 2.70. The van der Waals surface area contributed by atoms with E-state index < -0.39 is 18.1 Å². The minimum absolute atomic E-state index is 0.173. The molecule has 0 atom stereocenters. The number of nitrogens with zero attached hydrogens (tertiary/aromatic N) is 1. The van der Waals surface area contributed by atoms with Crippen LogP contribution in [-0.2, 0) is 4.79 Å². The van der Waals surface area contributed by atoms with E-state index in [2.05, 4.69) is 28.2 Å². The van der Waals surface area contributed by atoms with Gasteiger partial charge in [-0.1, -0.05) is 29.3 Å². The molecule has 0 heterocycles. The second-order valence-corrected chi connectivity index (χ2v) is 7.49. The average molecular weight is 519 g/mol. The summed E-state index contributed by atoms with van der Waals surface area (Å²) in [6.07, 6.45) is -3.06. The normalized spacial score (nSPS) is 10.6. The summed E-state index contributed by atoms with van der Waals surface area (Å²) in [5, 5.41) is 19.4. The van der Waals surface area contributed by atoms with E-state index in [1.54, 1.807) is 36.4 Å². The van der Waals surface area contributed by atoms with Crippen LogP contribution in [0, 0.1) is 0 Å². The summed E-state index contributed by atoms with van der Waals surface area (Å²) in [6, 6.07) is 11.9. The molecule has 0 saturated heterocycles. The Bertz CT molecular complexity index is 949. The fraction of sp³-hybridized carbons (Fsp3) is 0.286. The van der Waals surface area contributed by atoms with Gasteiger partial charge in [-0.25, -0.2) is 9.59 Å². The van der Waals surface area contributed by atoms with E-state index in [1.807, 2.05) is 11.9 Å². The number of anilines is 2. The minimum Gasteiger partial charge on any atom is -0.478 e. The molecule has 3 N–H and O–H groups in total. The summed E-state index contributed by atoms with van der Waals surface area (Å²) >= 11 is 3.32. The zero-order valence-electron chi connectivity index (χ0n) is 17.2. The molecule has 32 heavy (non-hydrogen) atoms. The highest BCUT2D eigenvalue weighted by Crippen LogP contribution is 2.25. The molecule has 1 amide bonds. The van der Waals surface area contributed by atoms with Crippen LogP contribution < -0.4 is 10.2 Å². The van der Waals surface area contributed by atoms with Gasteiger partial charge in [0.25, 0.3) is 5.91 Å². The van der Waals surface area contributed by atoms with Crippen molar-refractivity contribution in [3.05, 3.63) is 58.1 Å². The van der Waals surface area contributed by atoms with Crippen molar-refractivity contribution in [1.82, 2.24) is 0 Å². The number of rotatable bonds is 7. The predicted octanol–water partition coefficient (Wildman–Crippen LogP) is 5.27. The highest BCUT2D eigenvalue weighted by molar-refractivity contribution is 9.10. The molecule has 7 nitrogen and oxygen atoms in total. The number of unbranched alkanes of at least 4 members (excludes halogenated alkanes) is 1. The fourth-order valence-electron chi connectivity index (χ4n) is 2.44. The number of alkyl halides is 3. The molecule has 0 unspecified atom stereocenters. The number of amides is 1. The van der Waals surface area contributed by atoms with Crippen LogP contribution in [0.15, 0.2) is 46.9 Å². The number of hydrogen-bond donors (Lipinski definition) is 3. The number of carboxylic acid groups (broad SMARTS) is 2. The zero-order valence-corrected chi connectivity index (χ0v) is 18.8. The maximum Gasteiger partial charge on any atom is 0.490 e. The SMILES string of the molecule is CCCCN(C)c1ccc(NC(=O)c2ccc(Br)cc2)cc1C(=O)O.O=C(O)C(F)(F)F. The molecular weight excluding hydrogens is 497 g/mol. The Kier molecular flexibility index (Phi) is 10.2. The second-order valence-electron chi connectivity index (χ2n) is 6.58. The highest BCUT2D eigenvalue weighted by atomic mass is 79.9. The lowest BCUT2D eigenvalue weighted by Gasteiger charge is -2.21. The summed E-state index contributed by atoms with van der Waals surface area (Å²) in [6.45, 7) is 2.87. The van der Waals surface area contributed by atoms with Crippen molar-refractivity contribution in [2.24, 2.45) is 0 Å². The Morgan fingerprint density at radius 1 is 1.06 bits per heavy atom. The van der Waals surface area contributed by atoms with Crippen molar-refractivity contribution in [3.63, 3.8) is 0 Å². The van der Waals surface area contributed by atoms with E-state index in [-0.39, 0.29) is 11.5 Å². The van der Waals surface area contributed by atoms with Gasteiger partial charge < -0.3 is 20.4 Å². The Hall–Kier alpha value is -3.08. The highest BCUT2D eigenvalue weighted by Gasteiger charge is 2.38. The number of aromatic carboxylic acids is 1. The third-order valence-electron chi connectivity index (χ3n) is 4.09. The molecule has 0 bridgehead atoms.